The number of nitrogens with zero attached hydrogens (tertiary/aromatic N) is 2. The summed E-state index contributed by atoms with van der Waals surface area (Å²) in [7, 11) is 2.86. The van der Waals surface area contributed by atoms with E-state index in [1.807, 2.05) is 6.92 Å². The van der Waals surface area contributed by atoms with E-state index in [1.165, 1.54) is 33.3 Å². The van der Waals surface area contributed by atoms with Gasteiger partial charge in [0.05, 0.1) is 38.1 Å². The van der Waals surface area contributed by atoms with E-state index in [2.05, 4.69) is 15.5 Å². The van der Waals surface area contributed by atoms with Gasteiger partial charge in [0.15, 0.2) is 17.3 Å². The van der Waals surface area contributed by atoms with Crippen LogP contribution in [0.4, 0.5) is 11.4 Å². The molecule has 2 aromatic carbocycles. The van der Waals surface area contributed by atoms with Gasteiger partial charge in [0.2, 0.25) is 6.04 Å². The van der Waals surface area contributed by atoms with Crippen LogP contribution < -0.4 is 24.3 Å². The topological polar surface area (TPSA) is 108 Å². The number of halogens is 2. The van der Waals surface area contributed by atoms with Crippen molar-refractivity contribution >= 4 is 46.3 Å². The van der Waals surface area contributed by atoms with E-state index in [9.17, 15) is 9.59 Å². The Kier molecular flexibility index (Phi) is 9.74. The summed E-state index contributed by atoms with van der Waals surface area (Å²) in [5.41, 5.74) is 0.321. The lowest BCUT2D eigenvalue weighted by Crippen LogP contribution is -2.32. The number of methoxy groups -OCH3 is 2. The maximum atomic E-state index is 12.9. The molecule has 0 fully saturated rings. The van der Waals surface area contributed by atoms with Crippen molar-refractivity contribution in [1.29, 1.82) is 0 Å². The van der Waals surface area contributed by atoms with E-state index in [-0.39, 0.29) is 27.2 Å². The quantitative estimate of drug-likeness (QED) is 0.324. The van der Waals surface area contributed by atoms with Crippen LogP contribution in [0, 0.1) is 0 Å². The van der Waals surface area contributed by atoms with Crippen LogP contribution in [-0.2, 0) is 9.59 Å². The molecule has 178 valence electrons. The molecule has 1 amide bonds. The molecule has 0 saturated carbocycles. The maximum absolute atomic E-state index is 12.9. The van der Waals surface area contributed by atoms with Crippen LogP contribution in [0.2, 0.25) is 10.0 Å². The van der Waals surface area contributed by atoms with Crippen molar-refractivity contribution in [3.63, 3.8) is 0 Å². The second kappa shape index (κ2) is 12.3. The highest BCUT2D eigenvalue weighted by atomic mass is 35.5. The molecule has 2 aromatic rings. The molecular weight excluding hydrogens is 473 g/mol. The number of hydrogen-bond acceptors (Lipinski definition) is 8. The van der Waals surface area contributed by atoms with E-state index < -0.39 is 17.7 Å². The predicted octanol–water partition coefficient (Wildman–Crippen LogP) is 5.49. The summed E-state index contributed by atoms with van der Waals surface area (Å²) in [6.07, 6.45) is 0. The number of amides is 1. The van der Waals surface area contributed by atoms with Gasteiger partial charge in [0.25, 0.3) is 5.91 Å². The molecule has 0 heterocycles. The molecule has 0 aliphatic carbocycles. The fraction of sp³-hybridized carbons (Fsp3) is 0.364. The first-order chi connectivity index (χ1) is 15.8. The highest BCUT2D eigenvalue weighted by molar-refractivity contribution is 6.35. The van der Waals surface area contributed by atoms with Crippen LogP contribution in [-0.4, -0.2) is 45.2 Å². The molecule has 1 N–H and O–H groups in total. The predicted molar refractivity (Wildman–Crippen MR) is 126 cm³/mol. The first-order valence-electron chi connectivity index (χ1n) is 9.99. The van der Waals surface area contributed by atoms with Crippen molar-refractivity contribution < 1.29 is 28.5 Å². The van der Waals surface area contributed by atoms with E-state index in [0.29, 0.717) is 30.5 Å². The summed E-state index contributed by atoms with van der Waals surface area (Å²) in [5.74, 6) is 0.0513. The number of ketones is 1. The SMILES string of the molecule is CCOc1cc(NC(=O)C(N=Nc2c(Cl)ccc(OC)c2OC)C(C)=O)c(Cl)c(OCC)c1. The minimum atomic E-state index is -1.47. The van der Waals surface area contributed by atoms with E-state index in [0.717, 1.165) is 0 Å². The van der Waals surface area contributed by atoms with E-state index >= 15 is 0 Å². The Morgan fingerprint density at radius 1 is 1.03 bits per heavy atom. The third-order valence-corrected chi connectivity index (χ3v) is 4.95. The van der Waals surface area contributed by atoms with Gasteiger partial charge in [-0.1, -0.05) is 23.2 Å². The molecule has 33 heavy (non-hydrogen) atoms. The second-order valence-corrected chi connectivity index (χ2v) is 7.28. The highest BCUT2D eigenvalue weighted by Gasteiger charge is 2.26. The van der Waals surface area contributed by atoms with Gasteiger partial charge in [-0.25, -0.2) is 0 Å². The Hall–Kier alpha value is -3.04. The number of hydrogen-bond donors (Lipinski definition) is 1. The van der Waals surface area contributed by atoms with E-state index in [1.54, 1.807) is 19.1 Å². The minimum Gasteiger partial charge on any atom is -0.494 e. The van der Waals surface area contributed by atoms with Gasteiger partial charge < -0.3 is 24.3 Å². The molecule has 9 nitrogen and oxygen atoms in total. The van der Waals surface area contributed by atoms with Crippen molar-refractivity contribution in [2.45, 2.75) is 26.8 Å². The van der Waals surface area contributed by atoms with Gasteiger partial charge in [0.1, 0.15) is 22.2 Å². The van der Waals surface area contributed by atoms with Crippen LogP contribution in [0.1, 0.15) is 20.8 Å². The Balaban J connectivity index is 2.39. The number of ether oxygens (including phenoxy) is 4. The molecule has 2 rings (SSSR count). The van der Waals surface area contributed by atoms with Gasteiger partial charge in [-0.2, -0.15) is 5.11 Å². The fourth-order valence-corrected chi connectivity index (χ4v) is 3.19. The molecule has 0 spiro atoms. The first kappa shape index (κ1) is 26.2. The van der Waals surface area contributed by atoms with Gasteiger partial charge in [-0.15, -0.1) is 5.11 Å². The van der Waals surface area contributed by atoms with Crippen LogP contribution in [0.5, 0.6) is 23.0 Å². The van der Waals surface area contributed by atoms with Crippen molar-refractivity contribution in [3.8, 4) is 23.0 Å². The summed E-state index contributed by atoms with van der Waals surface area (Å²) >= 11 is 12.6. The summed E-state index contributed by atoms with van der Waals surface area (Å²) < 4.78 is 21.5. The van der Waals surface area contributed by atoms with Crippen molar-refractivity contribution in [2.24, 2.45) is 10.2 Å². The lowest BCUT2D eigenvalue weighted by Gasteiger charge is -2.16. The summed E-state index contributed by atoms with van der Waals surface area (Å²) in [6, 6.07) is 4.80. The number of Topliss-reactive ketones (excluding diaryl/α,β-unsaturated/α-hetero) is 1. The molecule has 1 unspecified atom stereocenters. The third-order valence-electron chi connectivity index (χ3n) is 4.26. The second-order valence-electron chi connectivity index (χ2n) is 6.50. The Morgan fingerprint density at radius 3 is 2.30 bits per heavy atom. The lowest BCUT2D eigenvalue weighted by molar-refractivity contribution is -0.126. The molecular formula is C22H25Cl2N3O6. The summed E-state index contributed by atoms with van der Waals surface area (Å²) in [5, 5.41) is 10.9. The number of anilines is 1. The average Bonchev–Trinajstić information content (AvgIpc) is 2.77. The van der Waals surface area contributed by atoms with Gasteiger partial charge in [-0.3, -0.25) is 9.59 Å². The van der Waals surface area contributed by atoms with Crippen molar-refractivity contribution in [2.75, 3.05) is 32.8 Å². The molecule has 11 heteroatoms. The Bertz CT molecular complexity index is 1050. The van der Waals surface area contributed by atoms with Crippen molar-refractivity contribution in [3.05, 3.63) is 34.3 Å². The molecule has 0 aromatic heterocycles. The fourth-order valence-electron chi connectivity index (χ4n) is 2.79. The Labute approximate surface area is 202 Å². The Morgan fingerprint density at radius 2 is 1.73 bits per heavy atom. The van der Waals surface area contributed by atoms with E-state index in [4.69, 9.17) is 42.1 Å². The number of carbonyl (C=O) groups is 2. The van der Waals surface area contributed by atoms with Crippen LogP contribution in [0.25, 0.3) is 0 Å². The number of azo groups is 1. The summed E-state index contributed by atoms with van der Waals surface area (Å²) in [4.78, 5) is 25.1. The highest BCUT2D eigenvalue weighted by Crippen LogP contribution is 2.43. The van der Waals surface area contributed by atoms with Gasteiger partial charge in [-0.05, 0) is 32.9 Å². The van der Waals surface area contributed by atoms with Crippen LogP contribution >= 0.6 is 23.2 Å². The molecule has 0 bridgehead atoms. The van der Waals surface area contributed by atoms with Crippen LogP contribution in [0.15, 0.2) is 34.5 Å². The normalized spacial score (nSPS) is 11.7. The zero-order chi connectivity index (χ0) is 24.5. The smallest absolute Gasteiger partial charge is 0.258 e. The standard InChI is InChI=1S/C22H25Cl2N3O6/c1-6-32-13-10-15(18(24)17(11-13)33-7-2)25-22(29)19(12(3)28)26-27-20-14(23)8-9-16(30-4)21(20)31-5/h8-11,19H,6-7H2,1-5H3,(H,25,29). The molecule has 1 atom stereocenters. The zero-order valence-corrected chi connectivity index (χ0v) is 20.4. The lowest BCUT2D eigenvalue weighted by atomic mass is 10.2. The maximum Gasteiger partial charge on any atom is 0.258 e. The molecule has 0 saturated heterocycles. The number of carbonyl (C=O) groups excluding carboxylic acids is 2. The number of nitrogens with one attached hydrogen (secondary N) is 1. The number of benzene rings is 2. The average molecular weight is 498 g/mol. The van der Waals surface area contributed by atoms with Crippen molar-refractivity contribution in [1.82, 2.24) is 0 Å². The minimum absolute atomic E-state index is 0.118. The largest absolute Gasteiger partial charge is 0.494 e. The van der Waals surface area contributed by atoms with Crippen LogP contribution in [0.3, 0.4) is 0 Å². The third kappa shape index (κ3) is 6.49. The molecule has 0 aliphatic rings. The zero-order valence-electron chi connectivity index (χ0n) is 18.9. The van der Waals surface area contributed by atoms with Gasteiger partial charge in [0, 0.05) is 12.1 Å². The molecule has 0 radical (unpaired) electrons. The molecule has 0 aliphatic heterocycles. The monoisotopic (exact) mass is 497 g/mol. The number of rotatable bonds is 11. The summed E-state index contributed by atoms with van der Waals surface area (Å²) in [6.45, 7) is 5.59. The first-order valence-corrected chi connectivity index (χ1v) is 10.7. The van der Waals surface area contributed by atoms with Gasteiger partial charge >= 0.3 is 0 Å².